The highest BCUT2D eigenvalue weighted by Gasteiger charge is 2.37. The Labute approximate surface area is 170 Å². The molecule has 1 aliphatic rings. The van der Waals surface area contributed by atoms with E-state index in [1.165, 1.54) is 13.2 Å². The molecule has 1 aromatic rings. The summed E-state index contributed by atoms with van der Waals surface area (Å²) < 4.78 is 10.2. The number of halogens is 2. The van der Waals surface area contributed by atoms with Crippen molar-refractivity contribution in [3.63, 3.8) is 0 Å². The number of hydrogen-bond donors (Lipinski definition) is 0. The number of rotatable bonds is 3. The maximum atomic E-state index is 12.3. The summed E-state index contributed by atoms with van der Waals surface area (Å²) in [6, 6.07) is 5.46. The zero-order valence-corrected chi connectivity index (χ0v) is 17.6. The fourth-order valence-corrected chi connectivity index (χ4v) is 3.37. The van der Waals surface area contributed by atoms with E-state index in [1.807, 2.05) is 39.0 Å². The van der Waals surface area contributed by atoms with E-state index in [9.17, 15) is 9.59 Å². The minimum absolute atomic E-state index is 0.331. The second-order valence-electron chi connectivity index (χ2n) is 7.61. The minimum atomic E-state index is -0.542. The lowest BCUT2D eigenvalue weighted by Gasteiger charge is -2.40. The van der Waals surface area contributed by atoms with Gasteiger partial charge < -0.3 is 14.4 Å². The van der Waals surface area contributed by atoms with Gasteiger partial charge in [-0.25, -0.2) is 9.59 Å². The minimum Gasteiger partial charge on any atom is -0.466 e. The van der Waals surface area contributed by atoms with Gasteiger partial charge in [0.1, 0.15) is 5.60 Å². The van der Waals surface area contributed by atoms with E-state index in [2.05, 4.69) is 0 Å². The highest BCUT2D eigenvalue weighted by Crippen LogP contribution is 2.39. The third-order valence-electron chi connectivity index (χ3n) is 4.54. The van der Waals surface area contributed by atoms with Crippen molar-refractivity contribution in [2.75, 3.05) is 20.2 Å². The lowest BCUT2D eigenvalue weighted by atomic mass is 9.72. The van der Waals surface area contributed by atoms with Gasteiger partial charge in [-0.2, -0.15) is 0 Å². The van der Waals surface area contributed by atoms with Crippen molar-refractivity contribution >= 4 is 35.3 Å². The highest BCUT2D eigenvalue weighted by molar-refractivity contribution is 6.42. The Hall–Kier alpha value is -1.72. The summed E-state index contributed by atoms with van der Waals surface area (Å²) in [5.41, 5.74) is -0.0398. The SMILES string of the molecule is COC(=O)/C=C/C1(c2ccc(Cl)c(Cl)c2)CCN(C(=O)OC(C)(C)C)CC1. The smallest absolute Gasteiger partial charge is 0.410 e. The molecule has 0 bridgehead atoms. The molecular formula is C20H25Cl2NO4. The fourth-order valence-electron chi connectivity index (χ4n) is 3.07. The first kappa shape index (κ1) is 21.6. The van der Waals surface area contributed by atoms with Crippen LogP contribution in [0, 0.1) is 0 Å². The Morgan fingerprint density at radius 2 is 1.78 bits per heavy atom. The highest BCUT2D eigenvalue weighted by atomic mass is 35.5. The number of carbonyl (C=O) groups excluding carboxylic acids is 2. The van der Waals surface area contributed by atoms with Crippen molar-refractivity contribution in [3.8, 4) is 0 Å². The molecule has 0 aromatic heterocycles. The average Bonchev–Trinajstić information content (AvgIpc) is 2.61. The Bertz CT molecular complexity index is 732. The van der Waals surface area contributed by atoms with Gasteiger partial charge in [-0.05, 0) is 51.3 Å². The van der Waals surface area contributed by atoms with Crippen LogP contribution in [0.3, 0.4) is 0 Å². The molecule has 2 rings (SSSR count). The van der Waals surface area contributed by atoms with Gasteiger partial charge in [0.2, 0.25) is 0 Å². The van der Waals surface area contributed by atoms with Crippen LogP contribution in [0.25, 0.3) is 0 Å². The van der Waals surface area contributed by atoms with Crippen molar-refractivity contribution in [1.29, 1.82) is 0 Å². The van der Waals surface area contributed by atoms with Crippen LogP contribution in [0.5, 0.6) is 0 Å². The van der Waals surface area contributed by atoms with Crippen molar-refractivity contribution in [2.24, 2.45) is 0 Å². The van der Waals surface area contributed by atoms with Crippen LogP contribution in [-0.4, -0.2) is 42.8 Å². The van der Waals surface area contributed by atoms with E-state index >= 15 is 0 Å². The maximum absolute atomic E-state index is 12.3. The van der Waals surface area contributed by atoms with Crippen LogP contribution in [0.4, 0.5) is 4.79 Å². The van der Waals surface area contributed by atoms with E-state index in [4.69, 9.17) is 32.7 Å². The third-order valence-corrected chi connectivity index (χ3v) is 5.28. The number of benzene rings is 1. The van der Waals surface area contributed by atoms with Crippen LogP contribution >= 0.6 is 23.2 Å². The first-order valence-corrected chi connectivity index (χ1v) is 9.52. The lowest BCUT2D eigenvalue weighted by Crippen LogP contribution is -2.46. The molecule has 1 aromatic carbocycles. The van der Waals surface area contributed by atoms with Crippen molar-refractivity contribution in [3.05, 3.63) is 46.0 Å². The molecule has 27 heavy (non-hydrogen) atoms. The monoisotopic (exact) mass is 413 g/mol. The summed E-state index contributed by atoms with van der Waals surface area (Å²) in [5.74, 6) is -0.427. The molecule has 1 heterocycles. The van der Waals surface area contributed by atoms with Crippen LogP contribution in [-0.2, 0) is 19.7 Å². The van der Waals surface area contributed by atoms with E-state index in [0.717, 1.165) is 5.56 Å². The summed E-state index contributed by atoms with van der Waals surface area (Å²) in [6.07, 6.45) is 4.17. The molecule has 0 atom stereocenters. The number of piperidine rings is 1. The number of nitrogens with zero attached hydrogens (tertiary/aromatic N) is 1. The van der Waals surface area contributed by atoms with Crippen molar-refractivity contribution in [1.82, 2.24) is 4.90 Å². The largest absolute Gasteiger partial charge is 0.466 e. The second-order valence-corrected chi connectivity index (χ2v) is 8.42. The second kappa shape index (κ2) is 8.53. The number of allylic oxidation sites excluding steroid dienone is 1. The predicted octanol–water partition coefficient (Wildman–Crippen LogP) is 4.99. The van der Waals surface area contributed by atoms with Gasteiger partial charge >= 0.3 is 12.1 Å². The number of ether oxygens (including phenoxy) is 2. The Balaban J connectivity index is 2.26. The molecule has 0 spiro atoms. The standard InChI is InChI=1S/C20H25Cl2NO4/c1-19(2,3)27-18(25)23-11-9-20(10-12-23,8-7-17(24)26-4)14-5-6-15(21)16(22)13-14/h5-8,13H,9-12H2,1-4H3/b8-7+. The quantitative estimate of drug-likeness (QED) is 0.517. The van der Waals surface area contributed by atoms with Crippen LogP contribution in [0.1, 0.15) is 39.2 Å². The van der Waals surface area contributed by atoms with Gasteiger partial charge in [-0.1, -0.05) is 35.3 Å². The van der Waals surface area contributed by atoms with E-state index in [0.29, 0.717) is 36.0 Å². The fraction of sp³-hybridized carbons (Fsp3) is 0.500. The summed E-state index contributed by atoms with van der Waals surface area (Å²) in [7, 11) is 1.34. The van der Waals surface area contributed by atoms with Gasteiger partial charge in [0, 0.05) is 24.6 Å². The number of likely N-dealkylation sites (tertiary alicyclic amines) is 1. The summed E-state index contributed by atoms with van der Waals surface area (Å²) in [5, 5.41) is 0.924. The van der Waals surface area contributed by atoms with Gasteiger partial charge in [-0.15, -0.1) is 0 Å². The zero-order valence-electron chi connectivity index (χ0n) is 16.1. The number of carbonyl (C=O) groups is 2. The Morgan fingerprint density at radius 3 is 2.30 bits per heavy atom. The van der Waals surface area contributed by atoms with E-state index in [-0.39, 0.29) is 6.09 Å². The third kappa shape index (κ3) is 5.63. The van der Waals surface area contributed by atoms with Crippen LogP contribution in [0.2, 0.25) is 10.0 Å². The molecule has 1 amide bonds. The summed E-state index contributed by atoms with van der Waals surface area (Å²) in [4.78, 5) is 25.7. The molecule has 1 aliphatic heterocycles. The molecular weight excluding hydrogens is 389 g/mol. The van der Waals surface area contributed by atoms with Gasteiger partial charge in [0.05, 0.1) is 17.2 Å². The molecule has 7 heteroatoms. The maximum Gasteiger partial charge on any atom is 0.410 e. The molecule has 148 valence electrons. The molecule has 1 fully saturated rings. The van der Waals surface area contributed by atoms with Gasteiger partial charge in [-0.3, -0.25) is 0 Å². The van der Waals surface area contributed by atoms with Gasteiger partial charge in [0.25, 0.3) is 0 Å². The topological polar surface area (TPSA) is 55.8 Å². The van der Waals surface area contributed by atoms with Crippen LogP contribution in [0.15, 0.2) is 30.4 Å². The van der Waals surface area contributed by atoms with E-state index < -0.39 is 17.0 Å². The zero-order chi connectivity index (χ0) is 20.2. The Morgan fingerprint density at radius 1 is 1.15 bits per heavy atom. The predicted molar refractivity (Wildman–Crippen MR) is 106 cm³/mol. The number of amides is 1. The molecule has 0 unspecified atom stereocenters. The van der Waals surface area contributed by atoms with Crippen molar-refractivity contribution < 1.29 is 19.1 Å². The first-order chi connectivity index (χ1) is 12.6. The number of esters is 1. The lowest BCUT2D eigenvalue weighted by molar-refractivity contribution is -0.134. The molecule has 5 nitrogen and oxygen atoms in total. The molecule has 0 aliphatic carbocycles. The first-order valence-electron chi connectivity index (χ1n) is 8.77. The Kier molecular flexibility index (Phi) is 6.82. The summed E-state index contributed by atoms with van der Waals surface area (Å²) in [6.45, 7) is 6.52. The van der Waals surface area contributed by atoms with Crippen molar-refractivity contribution in [2.45, 2.75) is 44.6 Å². The molecule has 0 saturated carbocycles. The van der Waals surface area contributed by atoms with E-state index in [1.54, 1.807) is 11.0 Å². The molecule has 0 radical (unpaired) electrons. The molecule has 1 saturated heterocycles. The van der Waals surface area contributed by atoms with Gasteiger partial charge in [0.15, 0.2) is 0 Å². The average molecular weight is 414 g/mol. The normalized spacial score (nSPS) is 17.0. The number of hydrogen-bond acceptors (Lipinski definition) is 4. The number of methoxy groups -OCH3 is 1. The van der Waals surface area contributed by atoms with Crippen LogP contribution < -0.4 is 0 Å². The summed E-state index contributed by atoms with van der Waals surface area (Å²) >= 11 is 12.3. The molecule has 0 N–H and O–H groups in total.